The van der Waals surface area contributed by atoms with Crippen LogP contribution in [0.3, 0.4) is 0 Å². The molecule has 1 saturated heterocycles. The van der Waals surface area contributed by atoms with Gasteiger partial charge in [0.1, 0.15) is 12.4 Å². The van der Waals surface area contributed by atoms with Crippen molar-refractivity contribution in [3.8, 4) is 28.6 Å². The first kappa shape index (κ1) is 18.7. The normalized spacial score (nSPS) is 14.9. The fourth-order valence-corrected chi connectivity index (χ4v) is 3.68. The van der Waals surface area contributed by atoms with E-state index in [-0.39, 0.29) is 0 Å². The highest BCUT2D eigenvalue weighted by Gasteiger charge is 2.14. The predicted molar refractivity (Wildman–Crippen MR) is 110 cm³/mol. The number of rotatable bonds is 6. The van der Waals surface area contributed by atoms with E-state index < -0.39 is 0 Å². The summed E-state index contributed by atoms with van der Waals surface area (Å²) in [6.07, 6.45) is 3.98. The third kappa shape index (κ3) is 4.25. The van der Waals surface area contributed by atoms with Gasteiger partial charge in [0.2, 0.25) is 5.82 Å². The number of piperidine rings is 1. The molecule has 28 heavy (non-hydrogen) atoms. The Bertz CT molecular complexity index is 929. The molecule has 0 spiro atoms. The van der Waals surface area contributed by atoms with E-state index in [0.717, 1.165) is 41.2 Å². The van der Waals surface area contributed by atoms with Crippen LogP contribution in [0.2, 0.25) is 0 Å². The minimum atomic E-state index is 0.549. The van der Waals surface area contributed by atoms with Gasteiger partial charge in [-0.05, 0) is 75.2 Å². The van der Waals surface area contributed by atoms with Crippen LogP contribution < -0.4 is 4.74 Å². The van der Waals surface area contributed by atoms with Gasteiger partial charge in [-0.25, -0.2) is 0 Å². The van der Waals surface area contributed by atoms with Gasteiger partial charge >= 0.3 is 0 Å². The molecule has 0 saturated carbocycles. The van der Waals surface area contributed by atoms with Crippen molar-refractivity contribution in [2.75, 3.05) is 26.2 Å². The zero-order valence-corrected chi connectivity index (χ0v) is 16.6. The van der Waals surface area contributed by atoms with E-state index in [2.05, 4.69) is 28.0 Å². The van der Waals surface area contributed by atoms with Crippen molar-refractivity contribution in [1.82, 2.24) is 15.0 Å². The van der Waals surface area contributed by atoms with Gasteiger partial charge in [-0.15, -0.1) is 0 Å². The molecule has 1 aromatic heterocycles. The molecule has 146 valence electrons. The predicted octanol–water partition coefficient (Wildman–Crippen LogP) is 4.89. The van der Waals surface area contributed by atoms with E-state index in [1.807, 2.05) is 43.3 Å². The lowest BCUT2D eigenvalue weighted by molar-refractivity contribution is 0.183. The lowest BCUT2D eigenvalue weighted by atomic mass is 10.1. The maximum atomic E-state index is 6.01. The summed E-state index contributed by atoms with van der Waals surface area (Å²) in [7, 11) is 0. The van der Waals surface area contributed by atoms with Gasteiger partial charge in [-0.2, -0.15) is 4.98 Å². The number of aryl methyl sites for hydroxylation is 2. The van der Waals surface area contributed by atoms with Crippen LogP contribution in [-0.2, 0) is 0 Å². The number of likely N-dealkylation sites (tertiary alicyclic amines) is 1. The fraction of sp³-hybridized carbons (Fsp3) is 0.391. The Labute approximate surface area is 166 Å². The van der Waals surface area contributed by atoms with Gasteiger partial charge in [0.25, 0.3) is 5.89 Å². The first-order valence-electron chi connectivity index (χ1n) is 10.1. The second-order valence-corrected chi connectivity index (χ2v) is 7.47. The van der Waals surface area contributed by atoms with Crippen molar-refractivity contribution in [3.63, 3.8) is 0 Å². The Hall–Kier alpha value is -2.66. The first-order valence-corrected chi connectivity index (χ1v) is 10.1. The minimum absolute atomic E-state index is 0.549. The third-order valence-electron chi connectivity index (χ3n) is 5.35. The summed E-state index contributed by atoms with van der Waals surface area (Å²) in [5.74, 6) is 2.07. The van der Waals surface area contributed by atoms with E-state index in [4.69, 9.17) is 9.26 Å². The Morgan fingerprint density at radius 3 is 2.61 bits per heavy atom. The van der Waals surface area contributed by atoms with Gasteiger partial charge < -0.3 is 9.26 Å². The lowest BCUT2D eigenvalue weighted by Crippen LogP contribution is -2.33. The van der Waals surface area contributed by atoms with Crippen molar-refractivity contribution in [2.24, 2.45) is 0 Å². The summed E-state index contributed by atoms with van der Waals surface area (Å²) < 4.78 is 11.5. The van der Waals surface area contributed by atoms with Crippen LogP contribution in [0.1, 0.15) is 30.4 Å². The molecule has 1 aliphatic heterocycles. The van der Waals surface area contributed by atoms with Crippen LogP contribution in [0, 0.1) is 13.8 Å². The number of aromatic nitrogens is 2. The monoisotopic (exact) mass is 377 g/mol. The highest BCUT2D eigenvalue weighted by atomic mass is 16.5. The molecule has 0 radical (unpaired) electrons. The summed E-state index contributed by atoms with van der Waals surface area (Å²) in [4.78, 5) is 7.07. The number of ether oxygens (including phenoxy) is 1. The minimum Gasteiger partial charge on any atom is -0.492 e. The van der Waals surface area contributed by atoms with Crippen molar-refractivity contribution in [1.29, 1.82) is 0 Å². The molecule has 5 heteroatoms. The molecule has 0 aliphatic carbocycles. The highest BCUT2D eigenvalue weighted by Crippen LogP contribution is 2.27. The van der Waals surface area contributed by atoms with E-state index in [1.165, 1.54) is 32.4 Å². The highest BCUT2D eigenvalue weighted by molar-refractivity contribution is 5.63. The zero-order valence-electron chi connectivity index (χ0n) is 16.6. The van der Waals surface area contributed by atoms with Gasteiger partial charge in [0.15, 0.2) is 0 Å². The van der Waals surface area contributed by atoms with E-state index in [9.17, 15) is 0 Å². The largest absolute Gasteiger partial charge is 0.492 e. The average Bonchev–Trinajstić information content (AvgIpc) is 3.20. The Morgan fingerprint density at radius 1 is 1.00 bits per heavy atom. The average molecular weight is 377 g/mol. The molecule has 2 aromatic carbocycles. The zero-order chi connectivity index (χ0) is 19.3. The number of nitrogens with zero attached hydrogens (tertiary/aromatic N) is 3. The Kier molecular flexibility index (Phi) is 5.72. The first-order chi connectivity index (χ1) is 13.7. The van der Waals surface area contributed by atoms with Crippen LogP contribution in [0.5, 0.6) is 5.75 Å². The molecular weight excluding hydrogens is 350 g/mol. The Balaban J connectivity index is 1.42. The molecule has 3 aromatic rings. The maximum Gasteiger partial charge on any atom is 0.258 e. The maximum absolute atomic E-state index is 6.01. The molecule has 1 aliphatic rings. The van der Waals surface area contributed by atoms with E-state index in [0.29, 0.717) is 11.7 Å². The molecule has 4 rings (SSSR count). The molecule has 0 N–H and O–H groups in total. The Morgan fingerprint density at radius 2 is 1.82 bits per heavy atom. The fourth-order valence-electron chi connectivity index (χ4n) is 3.68. The summed E-state index contributed by atoms with van der Waals surface area (Å²) in [5.41, 5.74) is 4.10. The van der Waals surface area contributed by atoms with Gasteiger partial charge in [0.05, 0.1) is 0 Å². The molecule has 5 nitrogen and oxygen atoms in total. The second-order valence-electron chi connectivity index (χ2n) is 7.47. The molecule has 0 bridgehead atoms. The van der Waals surface area contributed by atoms with Crippen LogP contribution in [-0.4, -0.2) is 41.3 Å². The molecule has 1 fully saturated rings. The van der Waals surface area contributed by atoms with E-state index >= 15 is 0 Å². The van der Waals surface area contributed by atoms with Gasteiger partial charge in [-0.1, -0.05) is 29.8 Å². The van der Waals surface area contributed by atoms with Crippen LogP contribution in [0.25, 0.3) is 22.8 Å². The molecule has 2 heterocycles. The SMILES string of the molecule is Cc1cc(-c2noc(-c3ccccc3C)n2)ccc1OCCN1CCCCC1. The smallest absolute Gasteiger partial charge is 0.258 e. The van der Waals surface area contributed by atoms with Crippen LogP contribution >= 0.6 is 0 Å². The molecule has 0 amide bonds. The second kappa shape index (κ2) is 8.57. The van der Waals surface area contributed by atoms with E-state index in [1.54, 1.807) is 0 Å². The number of hydrogen-bond donors (Lipinski definition) is 0. The van der Waals surface area contributed by atoms with Gasteiger partial charge in [-0.3, -0.25) is 4.90 Å². The van der Waals surface area contributed by atoms with Crippen LogP contribution in [0.15, 0.2) is 47.0 Å². The topological polar surface area (TPSA) is 51.4 Å². The summed E-state index contributed by atoms with van der Waals surface area (Å²) in [6.45, 7) is 8.21. The lowest BCUT2D eigenvalue weighted by Gasteiger charge is -2.26. The van der Waals surface area contributed by atoms with Gasteiger partial charge in [0, 0.05) is 17.7 Å². The van der Waals surface area contributed by atoms with Crippen molar-refractivity contribution >= 4 is 0 Å². The molecule has 0 atom stereocenters. The number of benzene rings is 2. The van der Waals surface area contributed by atoms with Crippen molar-refractivity contribution in [2.45, 2.75) is 33.1 Å². The quantitative estimate of drug-likeness (QED) is 0.612. The van der Waals surface area contributed by atoms with Crippen molar-refractivity contribution < 1.29 is 9.26 Å². The molecular formula is C23H27N3O2. The van der Waals surface area contributed by atoms with Crippen molar-refractivity contribution in [3.05, 3.63) is 53.6 Å². The standard InChI is InChI=1S/C23H27N3O2/c1-17-8-4-5-9-20(17)23-24-22(25-28-23)19-10-11-21(18(2)16-19)27-15-14-26-12-6-3-7-13-26/h4-5,8-11,16H,3,6-7,12-15H2,1-2H3. The third-order valence-corrected chi connectivity index (χ3v) is 5.35. The van der Waals surface area contributed by atoms with Crippen LogP contribution in [0.4, 0.5) is 0 Å². The summed E-state index contributed by atoms with van der Waals surface area (Å²) in [6, 6.07) is 14.1. The number of hydrogen-bond acceptors (Lipinski definition) is 5. The molecule has 0 unspecified atom stereocenters. The summed E-state index contributed by atoms with van der Waals surface area (Å²) >= 11 is 0. The summed E-state index contributed by atoms with van der Waals surface area (Å²) in [5, 5.41) is 4.16.